The van der Waals surface area contributed by atoms with E-state index in [0.717, 1.165) is 49.8 Å². The number of ether oxygens (including phenoxy) is 2. The van der Waals surface area contributed by atoms with Crippen molar-refractivity contribution >= 4 is 5.91 Å². The molecule has 0 radical (unpaired) electrons. The molecule has 3 aromatic rings. The van der Waals surface area contributed by atoms with E-state index >= 15 is 0 Å². The lowest BCUT2D eigenvalue weighted by atomic mass is 9.89. The Kier molecular flexibility index (Phi) is 7.04. The minimum Gasteiger partial charge on any atom is -0.489 e. The van der Waals surface area contributed by atoms with Gasteiger partial charge in [-0.1, -0.05) is 61.2 Å². The van der Waals surface area contributed by atoms with Gasteiger partial charge in [-0.15, -0.1) is 0 Å². The molecule has 4 rings (SSSR count). The van der Waals surface area contributed by atoms with Crippen molar-refractivity contribution in [3.63, 3.8) is 0 Å². The number of amides is 1. The summed E-state index contributed by atoms with van der Waals surface area (Å²) in [6.07, 6.45) is 5.90. The Morgan fingerprint density at radius 3 is 2.25 bits per heavy atom. The van der Waals surface area contributed by atoms with Crippen molar-refractivity contribution in [3.8, 4) is 11.5 Å². The molecule has 1 N–H and O–H groups in total. The van der Waals surface area contributed by atoms with Gasteiger partial charge in [-0.2, -0.15) is 4.98 Å². The van der Waals surface area contributed by atoms with Gasteiger partial charge in [0.15, 0.2) is 12.4 Å². The lowest BCUT2D eigenvalue weighted by Gasteiger charge is -2.30. The Morgan fingerprint density at radius 2 is 1.62 bits per heavy atom. The third-order valence-electron chi connectivity index (χ3n) is 5.73. The summed E-state index contributed by atoms with van der Waals surface area (Å²) in [7, 11) is 0. The van der Waals surface area contributed by atoms with Gasteiger partial charge in [0.25, 0.3) is 5.91 Å². The molecule has 0 saturated heterocycles. The number of carbonyl (C=O) groups is 1. The summed E-state index contributed by atoms with van der Waals surface area (Å²) >= 11 is 0. The molecule has 1 fully saturated rings. The fraction of sp³-hybridized carbons (Fsp3) is 0.400. The maximum Gasteiger partial charge on any atom is 0.258 e. The molecule has 168 valence electrons. The summed E-state index contributed by atoms with van der Waals surface area (Å²) in [5, 5.41) is 7.27. The minimum absolute atomic E-state index is 0.0806. The first kappa shape index (κ1) is 21.9. The van der Waals surface area contributed by atoms with Gasteiger partial charge in [-0.3, -0.25) is 4.79 Å². The summed E-state index contributed by atoms with van der Waals surface area (Å²) in [5.41, 5.74) is 0.512. The maximum absolute atomic E-state index is 12.8. The second kappa shape index (κ2) is 10.3. The molecular weight excluding hydrogens is 406 g/mol. The van der Waals surface area contributed by atoms with Crippen LogP contribution in [0.1, 0.15) is 55.8 Å². The van der Waals surface area contributed by atoms with Crippen molar-refractivity contribution in [2.24, 2.45) is 0 Å². The van der Waals surface area contributed by atoms with Crippen LogP contribution in [-0.2, 0) is 16.9 Å². The summed E-state index contributed by atoms with van der Waals surface area (Å²) in [5.74, 6) is 2.22. The van der Waals surface area contributed by atoms with Gasteiger partial charge in [-0.05, 0) is 42.7 Å². The standard InChI is InChI=1S/C25H29N3O4/c1-19-26-24(28-32-19)25(15-7-2-3-8-16-25)27-23(29)18-31-22-13-11-21(12-14-22)30-17-20-9-5-4-6-10-20/h4-6,9-14H,2-3,7-8,15-18H2,1H3,(H,27,29). The predicted molar refractivity (Wildman–Crippen MR) is 119 cm³/mol. The molecule has 1 saturated carbocycles. The van der Waals surface area contributed by atoms with E-state index in [-0.39, 0.29) is 12.5 Å². The van der Waals surface area contributed by atoms with Gasteiger partial charge in [0.2, 0.25) is 5.89 Å². The van der Waals surface area contributed by atoms with Crippen LogP contribution in [0.15, 0.2) is 59.1 Å². The molecule has 32 heavy (non-hydrogen) atoms. The SMILES string of the molecule is Cc1nc(C2(NC(=O)COc3ccc(OCc4ccccc4)cc3)CCCCCC2)no1. The van der Waals surface area contributed by atoms with Gasteiger partial charge in [0, 0.05) is 6.92 Å². The van der Waals surface area contributed by atoms with E-state index in [0.29, 0.717) is 24.1 Å². The van der Waals surface area contributed by atoms with E-state index in [4.69, 9.17) is 14.0 Å². The molecule has 0 bridgehead atoms. The monoisotopic (exact) mass is 435 g/mol. The van der Waals surface area contributed by atoms with Crippen molar-refractivity contribution in [3.05, 3.63) is 71.9 Å². The lowest BCUT2D eigenvalue weighted by molar-refractivity contribution is -0.125. The van der Waals surface area contributed by atoms with Crippen molar-refractivity contribution in [1.82, 2.24) is 15.5 Å². The fourth-order valence-corrected chi connectivity index (χ4v) is 4.06. The van der Waals surface area contributed by atoms with Crippen LogP contribution in [0.4, 0.5) is 0 Å². The van der Waals surface area contributed by atoms with Gasteiger partial charge in [-0.25, -0.2) is 0 Å². The summed E-state index contributed by atoms with van der Waals surface area (Å²) in [6.45, 7) is 2.18. The molecule has 0 aliphatic heterocycles. The molecule has 1 aromatic heterocycles. The number of rotatable bonds is 8. The first-order valence-electron chi connectivity index (χ1n) is 11.1. The largest absolute Gasteiger partial charge is 0.489 e. The maximum atomic E-state index is 12.8. The molecule has 7 nitrogen and oxygen atoms in total. The fourth-order valence-electron chi connectivity index (χ4n) is 4.06. The van der Waals surface area contributed by atoms with Gasteiger partial charge < -0.3 is 19.3 Å². The summed E-state index contributed by atoms with van der Waals surface area (Å²) < 4.78 is 16.7. The van der Waals surface area contributed by atoms with Crippen molar-refractivity contribution in [2.45, 2.75) is 57.6 Å². The van der Waals surface area contributed by atoms with Crippen LogP contribution >= 0.6 is 0 Å². The highest BCUT2D eigenvalue weighted by Crippen LogP contribution is 2.34. The zero-order chi connectivity index (χ0) is 22.2. The highest BCUT2D eigenvalue weighted by molar-refractivity contribution is 5.78. The van der Waals surface area contributed by atoms with E-state index in [9.17, 15) is 4.79 Å². The molecule has 1 aliphatic rings. The smallest absolute Gasteiger partial charge is 0.258 e. The van der Waals surface area contributed by atoms with E-state index in [2.05, 4.69) is 15.5 Å². The molecule has 7 heteroatoms. The second-order valence-electron chi connectivity index (χ2n) is 8.22. The average molecular weight is 436 g/mol. The number of aryl methyl sites for hydroxylation is 1. The predicted octanol–water partition coefficient (Wildman–Crippen LogP) is 4.70. The summed E-state index contributed by atoms with van der Waals surface area (Å²) in [6, 6.07) is 17.3. The van der Waals surface area contributed by atoms with Gasteiger partial charge >= 0.3 is 0 Å². The molecule has 2 aromatic carbocycles. The van der Waals surface area contributed by atoms with Crippen LogP contribution in [0, 0.1) is 6.92 Å². The Bertz CT molecular complexity index is 994. The summed E-state index contributed by atoms with van der Waals surface area (Å²) in [4.78, 5) is 17.2. The number of carbonyl (C=O) groups excluding carboxylic acids is 1. The number of aromatic nitrogens is 2. The lowest BCUT2D eigenvalue weighted by Crippen LogP contribution is -2.48. The molecular formula is C25H29N3O4. The third kappa shape index (κ3) is 5.66. The Labute approximate surface area is 188 Å². The normalized spacial score (nSPS) is 15.5. The Balaban J connectivity index is 1.32. The Morgan fingerprint density at radius 1 is 0.969 bits per heavy atom. The van der Waals surface area contributed by atoms with E-state index in [1.54, 1.807) is 19.1 Å². The van der Waals surface area contributed by atoms with Crippen LogP contribution in [0.2, 0.25) is 0 Å². The van der Waals surface area contributed by atoms with E-state index in [1.165, 1.54) is 0 Å². The number of nitrogens with one attached hydrogen (secondary N) is 1. The number of nitrogens with zero attached hydrogens (tertiary/aromatic N) is 2. The van der Waals surface area contributed by atoms with Crippen molar-refractivity contribution < 1.29 is 18.8 Å². The van der Waals surface area contributed by atoms with Crippen LogP contribution < -0.4 is 14.8 Å². The highest BCUT2D eigenvalue weighted by atomic mass is 16.5. The number of hydrogen-bond acceptors (Lipinski definition) is 6. The van der Waals surface area contributed by atoms with Gasteiger partial charge in [0.1, 0.15) is 23.6 Å². The van der Waals surface area contributed by atoms with Crippen LogP contribution in [0.3, 0.4) is 0 Å². The van der Waals surface area contributed by atoms with Crippen molar-refractivity contribution in [2.75, 3.05) is 6.61 Å². The minimum atomic E-state index is -0.593. The highest BCUT2D eigenvalue weighted by Gasteiger charge is 2.38. The number of benzene rings is 2. The molecule has 1 aliphatic carbocycles. The van der Waals surface area contributed by atoms with Gasteiger partial charge in [0.05, 0.1) is 0 Å². The first-order valence-corrected chi connectivity index (χ1v) is 11.1. The molecule has 1 heterocycles. The topological polar surface area (TPSA) is 86.5 Å². The van der Waals surface area contributed by atoms with Crippen molar-refractivity contribution in [1.29, 1.82) is 0 Å². The molecule has 0 atom stereocenters. The van der Waals surface area contributed by atoms with E-state index in [1.807, 2.05) is 42.5 Å². The average Bonchev–Trinajstić information content (AvgIpc) is 3.13. The Hall–Kier alpha value is -3.35. The zero-order valence-corrected chi connectivity index (χ0v) is 18.4. The molecule has 0 spiro atoms. The van der Waals surface area contributed by atoms with Crippen LogP contribution in [0.5, 0.6) is 11.5 Å². The third-order valence-corrected chi connectivity index (χ3v) is 5.73. The van der Waals surface area contributed by atoms with E-state index < -0.39 is 5.54 Å². The van der Waals surface area contributed by atoms with Crippen LogP contribution in [-0.4, -0.2) is 22.7 Å². The molecule has 0 unspecified atom stereocenters. The quantitative estimate of drug-likeness (QED) is 0.516. The zero-order valence-electron chi connectivity index (χ0n) is 18.4. The number of hydrogen-bond donors (Lipinski definition) is 1. The molecule has 1 amide bonds. The first-order chi connectivity index (χ1) is 15.6. The van der Waals surface area contributed by atoms with Crippen LogP contribution in [0.25, 0.3) is 0 Å². The second-order valence-corrected chi connectivity index (χ2v) is 8.22.